The Morgan fingerprint density at radius 2 is 0.900 bits per heavy atom. The SMILES string of the molecule is CCCC1(CC2=Cc3c(-c4ccc(C)cc4)cccc3[CH]2[Zr]([Cl])([Cl])([CH]2C(CC3(CCC)CCCCCC3)=Cc3c(-c4ccc(C)cc4)cccc32)[SiH](C)C)CCCCCC1. The van der Waals surface area contributed by atoms with Gasteiger partial charge in [0.1, 0.15) is 0 Å². The van der Waals surface area contributed by atoms with Gasteiger partial charge in [0, 0.05) is 0 Å². The van der Waals surface area contributed by atoms with E-state index in [1.807, 2.05) is 0 Å². The number of fused-ring (bicyclic) bond motifs is 2. The van der Waals surface area contributed by atoms with Crippen molar-refractivity contribution < 1.29 is 15.6 Å². The van der Waals surface area contributed by atoms with E-state index in [-0.39, 0.29) is 7.25 Å². The van der Waals surface area contributed by atoms with Crippen LogP contribution in [0.1, 0.15) is 170 Å². The van der Waals surface area contributed by atoms with Crippen LogP contribution in [-0.4, -0.2) is 5.92 Å². The Hall–Kier alpha value is -1.96. The molecule has 4 aromatic rings. The van der Waals surface area contributed by atoms with Gasteiger partial charge in [0.15, 0.2) is 0 Å². The summed E-state index contributed by atoms with van der Waals surface area (Å²) >= 11 is -5.13. The first-order chi connectivity index (χ1) is 28.9. The Morgan fingerprint density at radius 3 is 1.23 bits per heavy atom. The van der Waals surface area contributed by atoms with Crippen molar-refractivity contribution in [3.63, 3.8) is 0 Å². The standard InChI is InChI=1S/2C27H33.C2H7Si.2ClH.Zr/c2*1-3-15-27(16-6-4-5-7-17-27)20-22-18-24-9-8-10-25(26(24)19-22)23-13-11-21(2)12-14-23;1-3-2;;;/h2*8-14,18-19H,3-7,15-17,20H2,1-2H3;3H,1-2H3;2*1H;/q;;;;;+2/p-2. The first-order valence-electron chi connectivity index (χ1n) is 24.3. The van der Waals surface area contributed by atoms with E-state index in [9.17, 15) is 17.0 Å². The number of benzene rings is 4. The molecule has 4 aliphatic rings. The van der Waals surface area contributed by atoms with Crippen molar-refractivity contribution in [3.05, 3.63) is 129 Å². The van der Waals surface area contributed by atoms with Crippen LogP contribution in [-0.2, 0) is 15.6 Å². The monoisotopic (exact) mass is 933 g/mol. The van der Waals surface area contributed by atoms with Gasteiger partial charge < -0.3 is 0 Å². The van der Waals surface area contributed by atoms with Crippen LogP contribution in [0.25, 0.3) is 34.4 Å². The van der Waals surface area contributed by atoms with Crippen molar-refractivity contribution in [3.8, 4) is 22.3 Å². The third-order valence-electron chi connectivity index (χ3n) is 16.3. The van der Waals surface area contributed by atoms with Gasteiger partial charge in [-0.3, -0.25) is 0 Å². The summed E-state index contributed by atoms with van der Waals surface area (Å²) in [6.45, 7) is 14.4. The van der Waals surface area contributed by atoms with E-state index in [2.05, 4.69) is 138 Å². The molecule has 0 N–H and O–H groups in total. The maximum atomic E-state index is 9.33. The van der Waals surface area contributed by atoms with Gasteiger partial charge in [-0.05, 0) is 0 Å². The van der Waals surface area contributed by atoms with Gasteiger partial charge in [0.2, 0.25) is 0 Å². The van der Waals surface area contributed by atoms with Gasteiger partial charge in [-0.2, -0.15) is 0 Å². The summed E-state index contributed by atoms with van der Waals surface area (Å²) in [5, 5.41) is 0. The fraction of sp³-hybridized carbons (Fsp3) is 0.500. The normalized spacial score (nSPS) is 21.9. The van der Waals surface area contributed by atoms with Crippen LogP contribution >= 0.6 is 17.0 Å². The van der Waals surface area contributed by atoms with Crippen LogP contribution in [0.3, 0.4) is 0 Å². The Kier molecular flexibility index (Phi) is 13.6. The van der Waals surface area contributed by atoms with Crippen LogP contribution in [0.15, 0.2) is 96.1 Å². The molecule has 0 saturated heterocycles. The molecule has 0 spiro atoms. The first kappa shape index (κ1) is 44.6. The molecule has 4 aromatic carbocycles. The van der Waals surface area contributed by atoms with Gasteiger partial charge in [-0.15, -0.1) is 0 Å². The van der Waals surface area contributed by atoms with Crippen LogP contribution in [0, 0.1) is 24.7 Å². The molecule has 0 radical (unpaired) electrons. The minimum absolute atomic E-state index is 0.109. The third kappa shape index (κ3) is 8.41. The molecule has 0 aromatic heterocycles. The maximum absolute atomic E-state index is 9.33. The second-order valence-corrected chi connectivity index (χ2v) is 63.2. The molecule has 0 heterocycles. The number of hydrogen-bond acceptors (Lipinski definition) is 0. The van der Waals surface area contributed by atoms with Crippen molar-refractivity contribution in [1.29, 1.82) is 0 Å². The predicted octanol–water partition coefficient (Wildman–Crippen LogP) is 18.3. The Balaban J connectivity index is 1.37. The molecular weight excluding hydrogens is 863 g/mol. The first-order valence-corrected chi connectivity index (χ1v) is 40.6. The van der Waals surface area contributed by atoms with Crippen LogP contribution in [0.2, 0.25) is 13.1 Å². The van der Waals surface area contributed by atoms with Crippen LogP contribution in [0.4, 0.5) is 0 Å². The average molecular weight is 936 g/mol. The van der Waals surface area contributed by atoms with E-state index >= 15 is 0 Å². The van der Waals surface area contributed by atoms with Crippen molar-refractivity contribution in [2.75, 3.05) is 0 Å². The average Bonchev–Trinajstić information content (AvgIpc) is 3.59. The Morgan fingerprint density at radius 1 is 0.533 bits per heavy atom. The Bertz CT molecular complexity index is 2040. The topological polar surface area (TPSA) is 0 Å². The molecule has 0 amide bonds. The fourth-order valence-corrected chi connectivity index (χ4v) is 44.5. The summed E-state index contributed by atoms with van der Waals surface area (Å²) in [4.78, 5) is 0. The summed E-state index contributed by atoms with van der Waals surface area (Å²) < 4.78 is 0.218. The van der Waals surface area contributed by atoms with E-state index < -0.39 is 21.5 Å². The van der Waals surface area contributed by atoms with Gasteiger partial charge >= 0.3 is 377 Å². The molecule has 8 rings (SSSR count). The molecule has 2 atom stereocenters. The molecule has 2 unspecified atom stereocenters. The van der Waals surface area contributed by atoms with Crippen molar-refractivity contribution >= 4 is 35.1 Å². The molecule has 0 bridgehead atoms. The van der Waals surface area contributed by atoms with Crippen molar-refractivity contribution in [2.45, 2.75) is 164 Å². The summed E-state index contributed by atoms with van der Waals surface area (Å²) in [6.07, 6.45) is 28.9. The summed E-state index contributed by atoms with van der Waals surface area (Å²) in [6, 6.07) is 32.8. The van der Waals surface area contributed by atoms with E-state index in [1.165, 1.54) is 158 Å². The number of halogens is 2. The van der Waals surface area contributed by atoms with Crippen molar-refractivity contribution in [2.24, 2.45) is 10.8 Å². The molecule has 2 saturated carbocycles. The van der Waals surface area contributed by atoms with Gasteiger partial charge in [0.25, 0.3) is 0 Å². The molecule has 60 heavy (non-hydrogen) atoms. The third-order valence-corrected chi connectivity index (χ3v) is 68.1. The number of hydrogen-bond donors (Lipinski definition) is 0. The molecule has 4 aliphatic carbocycles. The second-order valence-electron chi connectivity index (χ2n) is 20.7. The second kappa shape index (κ2) is 18.3. The summed E-state index contributed by atoms with van der Waals surface area (Å²) in [5.74, 6) is -1.76. The number of allylic oxidation sites excluding steroid dienone is 2. The zero-order chi connectivity index (χ0) is 42.1. The van der Waals surface area contributed by atoms with Crippen LogP contribution in [0.5, 0.6) is 0 Å². The molecule has 0 nitrogen and oxygen atoms in total. The van der Waals surface area contributed by atoms with Gasteiger partial charge in [-0.25, -0.2) is 0 Å². The molecular formula is C56H73Cl2SiZr. The molecule has 0 aliphatic heterocycles. The molecule has 4 heteroatoms. The zero-order valence-corrected chi connectivity index (χ0v) is 43.1. The summed E-state index contributed by atoms with van der Waals surface area (Å²) in [5.41, 5.74) is 17.4. The van der Waals surface area contributed by atoms with E-state index in [0.29, 0.717) is 10.8 Å². The number of rotatable bonds is 13. The van der Waals surface area contributed by atoms with Gasteiger partial charge in [-0.1, -0.05) is 0 Å². The summed E-state index contributed by atoms with van der Waals surface area (Å²) in [7, 11) is 18.7. The van der Waals surface area contributed by atoms with Crippen molar-refractivity contribution in [1.82, 2.24) is 0 Å². The van der Waals surface area contributed by atoms with Gasteiger partial charge in [0.05, 0.1) is 0 Å². The fourth-order valence-electron chi connectivity index (χ4n) is 13.3. The zero-order valence-electron chi connectivity index (χ0n) is 38.0. The number of aryl methyl sites for hydroxylation is 2. The van der Waals surface area contributed by atoms with E-state index in [1.54, 1.807) is 11.1 Å². The Labute approximate surface area is 373 Å². The quantitative estimate of drug-likeness (QED) is 0.0926. The van der Waals surface area contributed by atoms with E-state index in [0.717, 1.165) is 12.8 Å². The molecule has 319 valence electrons. The van der Waals surface area contributed by atoms with E-state index in [4.69, 9.17) is 0 Å². The molecule has 2 fully saturated rings. The minimum atomic E-state index is -5.13. The van der Waals surface area contributed by atoms with Crippen LogP contribution < -0.4 is 0 Å². The predicted molar refractivity (Wildman–Crippen MR) is 265 cm³/mol.